The summed E-state index contributed by atoms with van der Waals surface area (Å²) in [6.45, 7) is 7.87. The number of aliphatic hydroxyl groups excluding tert-OH is 1. The molecule has 0 aromatic heterocycles. The molecular formula is C13H20FNO. The van der Waals surface area contributed by atoms with Crippen LogP contribution in [0.5, 0.6) is 0 Å². The number of halogens is 1. The van der Waals surface area contributed by atoms with E-state index in [4.69, 9.17) is 0 Å². The second-order valence-electron chi connectivity index (χ2n) is 4.83. The van der Waals surface area contributed by atoms with Crippen LogP contribution in [0.1, 0.15) is 31.9 Å². The molecule has 1 atom stereocenters. The van der Waals surface area contributed by atoms with Gasteiger partial charge in [-0.3, -0.25) is 0 Å². The first-order valence-electron chi connectivity index (χ1n) is 5.51. The van der Waals surface area contributed by atoms with Gasteiger partial charge in [0.25, 0.3) is 0 Å². The van der Waals surface area contributed by atoms with Gasteiger partial charge in [-0.2, -0.15) is 0 Å². The van der Waals surface area contributed by atoms with Crippen molar-refractivity contribution in [1.29, 1.82) is 0 Å². The monoisotopic (exact) mass is 225 g/mol. The van der Waals surface area contributed by atoms with Crippen LogP contribution in [0.4, 0.5) is 4.39 Å². The first-order valence-corrected chi connectivity index (χ1v) is 5.51. The number of hydrogen-bond donors (Lipinski definition) is 2. The van der Waals surface area contributed by atoms with E-state index in [1.54, 1.807) is 19.9 Å². The standard InChI is InChI=1S/C13H20FNO/c1-9-5-6-11(7-12(9)14)8-15-13(3,4)10(2)16/h5-7,10,15-16H,8H2,1-4H3. The average molecular weight is 225 g/mol. The average Bonchev–Trinajstić information content (AvgIpc) is 2.20. The molecule has 1 unspecified atom stereocenters. The van der Waals surface area contributed by atoms with Crippen molar-refractivity contribution in [3.63, 3.8) is 0 Å². The number of aliphatic hydroxyl groups is 1. The predicted molar refractivity (Wildman–Crippen MR) is 63.7 cm³/mol. The summed E-state index contributed by atoms with van der Waals surface area (Å²) in [5, 5.41) is 12.7. The molecule has 0 saturated heterocycles. The van der Waals surface area contributed by atoms with Crippen LogP contribution in [-0.4, -0.2) is 16.7 Å². The molecule has 90 valence electrons. The van der Waals surface area contributed by atoms with Crippen molar-refractivity contribution in [3.05, 3.63) is 35.1 Å². The van der Waals surface area contributed by atoms with Crippen LogP contribution in [0.15, 0.2) is 18.2 Å². The maximum absolute atomic E-state index is 13.3. The van der Waals surface area contributed by atoms with Crippen LogP contribution in [-0.2, 0) is 6.54 Å². The van der Waals surface area contributed by atoms with Gasteiger partial charge in [0.05, 0.1) is 6.10 Å². The van der Waals surface area contributed by atoms with E-state index in [0.29, 0.717) is 12.1 Å². The van der Waals surface area contributed by atoms with Crippen molar-refractivity contribution in [3.8, 4) is 0 Å². The van der Waals surface area contributed by atoms with E-state index in [1.807, 2.05) is 19.9 Å². The quantitative estimate of drug-likeness (QED) is 0.824. The molecule has 0 aliphatic heterocycles. The third kappa shape index (κ3) is 3.29. The highest BCUT2D eigenvalue weighted by Crippen LogP contribution is 2.12. The SMILES string of the molecule is Cc1ccc(CNC(C)(C)C(C)O)cc1F. The number of rotatable bonds is 4. The van der Waals surface area contributed by atoms with E-state index in [9.17, 15) is 9.50 Å². The molecule has 2 N–H and O–H groups in total. The summed E-state index contributed by atoms with van der Waals surface area (Å²) < 4.78 is 13.3. The molecule has 0 amide bonds. The second kappa shape index (κ2) is 4.93. The largest absolute Gasteiger partial charge is 0.392 e. The number of benzene rings is 1. The van der Waals surface area contributed by atoms with Crippen LogP contribution in [0, 0.1) is 12.7 Å². The highest BCUT2D eigenvalue weighted by molar-refractivity contribution is 5.23. The lowest BCUT2D eigenvalue weighted by atomic mass is 9.98. The summed E-state index contributed by atoms with van der Waals surface area (Å²) >= 11 is 0. The van der Waals surface area contributed by atoms with Crippen molar-refractivity contribution in [2.45, 2.75) is 45.9 Å². The van der Waals surface area contributed by atoms with E-state index < -0.39 is 6.10 Å². The van der Waals surface area contributed by atoms with Gasteiger partial charge in [-0.05, 0) is 44.9 Å². The minimum atomic E-state index is -0.456. The lowest BCUT2D eigenvalue weighted by Gasteiger charge is -2.29. The summed E-state index contributed by atoms with van der Waals surface area (Å²) in [6.07, 6.45) is -0.456. The molecule has 3 heteroatoms. The van der Waals surface area contributed by atoms with Gasteiger partial charge in [0.1, 0.15) is 5.82 Å². The van der Waals surface area contributed by atoms with E-state index in [1.165, 1.54) is 6.07 Å². The predicted octanol–water partition coefficient (Wildman–Crippen LogP) is 2.38. The highest BCUT2D eigenvalue weighted by Gasteiger charge is 2.22. The Kier molecular flexibility index (Phi) is 4.05. The third-order valence-corrected chi connectivity index (χ3v) is 3.03. The van der Waals surface area contributed by atoms with E-state index in [-0.39, 0.29) is 11.4 Å². The molecule has 1 aromatic carbocycles. The Balaban J connectivity index is 2.65. The Morgan fingerprint density at radius 3 is 2.56 bits per heavy atom. The summed E-state index contributed by atoms with van der Waals surface area (Å²) in [6, 6.07) is 5.19. The molecule has 0 saturated carbocycles. The van der Waals surface area contributed by atoms with Crippen LogP contribution >= 0.6 is 0 Å². The molecule has 0 spiro atoms. The van der Waals surface area contributed by atoms with Gasteiger partial charge >= 0.3 is 0 Å². The van der Waals surface area contributed by atoms with Crippen LogP contribution in [0.2, 0.25) is 0 Å². The molecule has 0 aliphatic rings. The summed E-state index contributed by atoms with van der Waals surface area (Å²) in [4.78, 5) is 0. The van der Waals surface area contributed by atoms with Crippen molar-refractivity contribution in [2.24, 2.45) is 0 Å². The van der Waals surface area contributed by atoms with Gasteiger partial charge < -0.3 is 10.4 Å². The lowest BCUT2D eigenvalue weighted by molar-refractivity contribution is 0.0956. The normalized spacial score (nSPS) is 13.9. The van der Waals surface area contributed by atoms with Crippen LogP contribution in [0.25, 0.3) is 0 Å². The molecule has 1 aromatic rings. The molecule has 2 nitrogen and oxygen atoms in total. The van der Waals surface area contributed by atoms with Crippen molar-refractivity contribution in [2.75, 3.05) is 0 Å². The van der Waals surface area contributed by atoms with Gasteiger partial charge in [-0.1, -0.05) is 12.1 Å². The van der Waals surface area contributed by atoms with Crippen molar-refractivity contribution >= 4 is 0 Å². The summed E-state index contributed by atoms with van der Waals surface area (Å²) in [5.74, 6) is -0.186. The summed E-state index contributed by atoms with van der Waals surface area (Å²) in [7, 11) is 0. The highest BCUT2D eigenvalue weighted by atomic mass is 19.1. The zero-order chi connectivity index (χ0) is 12.3. The number of hydrogen-bond acceptors (Lipinski definition) is 2. The topological polar surface area (TPSA) is 32.3 Å². The fourth-order valence-electron chi connectivity index (χ4n) is 1.22. The third-order valence-electron chi connectivity index (χ3n) is 3.03. The fourth-order valence-corrected chi connectivity index (χ4v) is 1.22. The van der Waals surface area contributed by atoms with Crippen molar-refractivity contribution < 1.29 is 9.50 Å². The minimum Gasteiger partial charge on any atom is -0.392 e. The Labute approximate surface area is 96.5 Å². The summed E-state index contributed by atoms with van der Waals surface area (Å²) in [5.41, 5.74) is 1.16. The molecule has 0 heterocycles. The molecule has 0 aliphatic carbocycles. The Morgan fingerprint density at radius 1 is 1.44 bits per heavy atom. The van der Waals surface area contributed by atoms with E-state index in [0.717, 1.165) is 5.56 Å². The van der Waals surface area contributed by atoms with Gasteiger partial charge in [0.2, 0.25) is 0 Å². The molecule has 16 heavy (non-hydrogen) atoms. The zero-order valence-corrected chi connectivity index (χ0v) is 10.3. The van der Waals surface area contributed by atoms with Gasteiger partial charge in [-0.15, -0.1) is 0 Å². The van der Waals surface area contributed by atoms with E-state index >= 15 is 0 Å². The first kappa shape index (κ1) is 13.1. The van der Waals surface area contributed by atoms with Crippen LogP contribution in [0.3, 0.4) is 0 Å². The number of aryl methyl sites for hydroxylation is 1. The zero-order valence-electron chi connectivity index (χ0n) is 10.3. The fraction of sp³-hybridized carbons (Fsp3) is 0.538. The molecule has 1 rings (SSSR count). The van der Waals surface area contributed by atoms with Gasteiger partial charge in [-0.25, -0.2) is 4.39 Å². The number of nitrogens with one attached hydrogen (secondary N) is 1. The first-order chi connectivity index (χ1) is 7.33. The second-order valence-corrected chi connectivity index (χ2v) is 4.83. The maximum Gasteiger partial charge on any atom is 0.126 e. The maximum atomic E-state index is 13.3. The molecular weight excluding hydrogens is 205 g/mol. The lowest BCUT2D eigenvalue weighted by Crippen LogP contribution is -2.47. The van der Waals surface area contributed by atoms with Gasteiger partial charge in [0, 0.05) is 12.1 Å². The Bertz CT molecular complexity index is 361. The molecule has 0 radical (unpaired) electrons. The van der Waals surface area contributed by atoms with Crippen molar-refractivity contribution in [1.82, 2.24) is 5.32 Å². The molecule has 0 bridgehead atoms. The Morgan fingerprint density at radius 2 is 2.06 bits per heavy atom. The van der Waals surface area contributed by atoms with Gasteiger partial charge in [0.15, 0.2) is 0 Å². The Hall–Kier alpha value is -0.930. The van der Waals surface area contributed by atoms with Crippen LogP contribution < -0.4 is 5.32 Å². The van der Waals surface area contributed by atoms with E-state index in [2.05, 4.69) is 5.32 Å². The molecule has 0 fully saturated rings. The minimum absolute atomic E-state index is 0.186. The smallest absolute Gasteiger partial charge is 0.126 e.